The standard InChI is InChI=1S/C14H24O3/c1-4-5-6-7-8-13-12(15)9-10-14(17-13)16-11(2)3/h9-11,13-14H,4-8H2,1-3H3. The molecule has 1 aliphatic rings. The van der Waals surface area contributed by atoms with Crippen LogP contribution < -0.4 is 0 Å². The van der Waals surface area contributed by atoms with Gasteiger partial charge >= 0.3 is 0 Å². The molecule has 0 N–H and O–H groups in total. The van der Waals surface area contributed by atoms with Gasteiger partial charge < -0.3 is 9.47 Å². The largest absolute Gasteiger partial charge is 0.346 e. The average Bonchev–Trinajstić information content (AvgIpc) is 2.28. The molecule has 0 amide bonds. The van der Waals surface area contributed by atoms with Crippen LogP contribution in [0.3, 0.4) is 0 Å². The summed E-state index contributed by atoms with van der Waals surface area (Å²) < 4.78 is 11.2. The molecule has 0 saturated heterocycles. The Morgan fingerprint density at radius 2 is 2.12 bits per heavy atom. The quantitative estimate of drug-likeness (QED) is 0.641. The van der Waals surface area contributed by atoms with Gasteiger partial charge in [0.25, 0.3) is 0 Å². The zero-order chi connectivity index (χ0) is 12.7. The number of rotatable bonds is 7. The van der Waals surface area contributed by atoms with Gasteiger partial charge in [0.15, 0.2) is 12.1 Å². The number of ether oxygens (including phenoxy) is 2. The lowest BCUT2D eigenvalue weighted by Gasteiger charge is -2.26. The fourth-order valence-corrected chi connectivity index (χ4v) is 1.87. The van der Waals surface area contributed by atoms with Gasteiger partial charge in [-0.2, -0.15) is 0 Å². The Labute approximate surface area is 104 Å². The zero-order valence-electron chi connectivity index (χ0n) is 11.1. The van der Waals surface area contributed by atoms with E-state index >= 15 is 0 Å². The molecule has 98 valence electrons. The van der Waals surface area contributed by atoms with E-state index in [0.29, 0.717) is 0 Å². The minimum atomic E-state index is -0.358. The Hall–Kier alpha value is -0.670. The molecule has 1 heterocycles. The molecule has 1 rings (SSSR count). The minimum absolute atomic E-state index is 0.0742. The van der Waals surface area contributed by atoms with Gasteiger partial charge in [-0.05, 0) is 32.4 Å². The van der Waals surface area contributed by atoms with E-state index in [1.54, 1.807) is 12.2 Å². The second-order valence-electron chi connectivity index (χ2n) is 4.79. The van der Waals surface area contributed by atoms with Crippen molar-refractivity contribution in [2.24, 2.45) is 0 Å². The number of carbonyl (C=O) groups is 1. The smallest absolute Gasteiger partial charge is 0.184 e. The molecule has 0 bridgehead atoms. The molecule has 0 radical (unpaired) electrons. The van der Waals surface area contributed by atoms with Crippen LogP contribution in [-0.2, 0) is 14.3 Å². The second kappa shape index (κ2) is 7.62. The van der Waals surface area contributed by atoms with Crippen molar-refractivity contribution in [3.63, 3.8) is 0 Å². The number of unbranched alkanes of at least 4 members (excludes halogenated alkanes) is 3. The van der Waals surface area contributed by atoms with Gasteiger partial charge in [-0.15, -0.1) is 0 Å². The molecule has 0 aromatic carbocycles. The lowest BCUT2D eigenvalue weighted by molar-refractivity contribution is -0.174. The van der Waals surface area contributed by atoms with Crippen LogP contribution in [0.15, 0.2) is 12.2 Å². The van der Waals surface area contributed by atoms with Gasteiger partial charge in [-0.3, -0.25) is 4.79 Å². The number of hydrogen-bond acceptors (Lipinski definition) is 3. The molecule has 2 unspecified atom stereocenters. The van der Waals surface area contributed by atoms with Crippen molar-refractivity contribution in [1.29, 1.82) is 0 Å². The maximum absolute atomic E-state index is 11.6. The summed E-state index contributed by atoms with van der Waals surface area (Å²) in [6, 6.07) is 0. The first-order valence-corrected chi connectivity index (χ1v) is 6.66. The number of ketones is 1. The molecule has 0 saturated carbocycles. The van der Waals surface area contributed by atoms with Gasteiger partial charge in [0.2, 0.25) is 0 Å². The first-order valence-electron chi connectivity index (χ1n) is 6.66. The maximum atomic E-state index is 11.6. The first-order chi connectivity index (χ1) is 8.13. The third kappa shape index (κ3) is 5.46. The molecule has 0 aromatic heterocycles. The average molecular weight is 240 g/mol. The Balaban J connectivity index is 2.34. The highest BCUT2D eigenvalue weighted by Crippen LogP contribution is 2.17. The van der Waals surface area contributed by atoms with Gasteiger partial charge in [-0.1, -0.05) is 32.6 Å². The lowest BCUT2D eigenvalue weighted by Crippen LogP contribution is -2.34. The Bertz CT molecular complexity index is 258. The van der Waals surface area contributed by atoms with Crippen molar-refractivity contribution in [3.05, 3.63) is 12.2 Å². The summed E-state index contributed by atoms with van der Waals surface area (Å²) in [6.07, 6.45) is 8.20. The molecule has 0 aromatic rings. The topological polar surface area (TPSA) is 35.5 Å². The molecule has 3 nitrogen and oxygen atoms in total. The SMILES string of the molecule is CCCCCCC1OC(OC(C)C)C=CC1=O. The third-order valence-corrected chi connectivity index (χ3v) is 2.76. The lowest BCUT2D eigenvalue weighted by atomic mass is 10.0. The molecule has 0 spiro atoms. The number of hydrogen-bond donors (Lipinski definition) is 0. The Morgan fingerprint density at radius 3 is 2.76 bits per heavy atom. The fraction of sp³-hybridized carbons (Fsp3) is 0.786. The van der Waals surface area contributed by atoms with Crippen molar-refractivity contribution in [2.45, 2.75) is 71.4 Å². The van der Waals surface area contributed by atoms with Crippen LogP contribution in [-0.4, -0.2) is 24.3 Å². The van der Waals surface area contributed by atoms with Crippen LogP contribution in [0.25, 0.3) is 0 Å². The summed E-state index contributed by atoms with van der Waals surface area (Å²) in [4.78, 5) is 11.6. The fourth-order valence-electron chi connectivity index (χ4n) is 1.87. The highest BCUT2D eigenvalue weighted by molar-refractivity contribution is 5.94. The van der Waals surface area contributed by atoms with Crippen molar-refractivity contribution < 1.29 is 14.3 Å². The summed E-state index contributed by atoms with van der Waals surface area (Å²) in [5.74, 6) is 0.0742. The highest BCUT2D eigenvalue weighted by Gasteiger charge is 2.25. The van der Waals surface area contributed by atoms with Gasteiger partial charge in [0, 0.05) is 0 Å². The van der Waals surface area contributed by atoms with E-state index in [0.717, 1.165) is 12.8 Å². The van der Waals surface area contributed by atoms with Crippen molar-refractivity contribution in [1.82, 2.24) is 0 Å². The minimum Gasteiger partial charge on any atom is -0.346 e. The van der Waals surface area contributed by atoms with E-state index in [1.165, 1.54) is 19.3 Å². The molecule has 0 fully saturated rings. The summed E-state index contributed by atoms with van der Waals surface area (Å²) in [7, 11) is 0. The molecular weight excluding hydrogens is 216 g/mol. The highest BCUT2D eigenvalue weighted by atomic mass is 16.7. The Morgan fingerprint density at radius 1 is 1.35 bits per heavy atom. The van der Waals surface area contributed by atoms with Crippen LogP contribution in [0, 0.1) is 0 Å². The summed E-state index contributed by atoms with van der Waals surface area (Å²) in [6.45, 7) is 6.10. The first kappa shape index (κ1) is 14.4. The van der Waals surface area contributed by atoms with E-state index in [4.69, 9.17) is 9.47 Å². The van der Waals surface area contributed by atoms with Crippen molar-refractivity contribution in [3.8, 4) is 0 Å². The predicted octanol–water partition coefficient (Wildman–Crippen LogP) is 3.23. The summed E-state index contributed by atoms with van der Waals surface area (Å²) >= 11 is 0. The van der Waals surface area contributed by atoms with Gasteiger partial charge in [0.05, 0.1) is 6.10 Å². The van der Waals surface area contributed by atoms with Gasteiger partial charge in [-0.25, -0.2) is 0 Å². The van der Waals surface area contributed by atoms with Crippen LogP contribution in [0.2, 0.25) is 0 Å². The summed E-state index contributed by atoms with van der Waals surface area (Å²) in [5, 5.41) is 0. The van der Waals surface area contributed by atoms with E-state index in [2.05, 4.69) is 6.92 Å². The second-order valence-corrected chi connectivity index (χ2v) is 4.79. The number of carbonyl (C=O) groups excluding carboxylic acids is 1. The van der Waals surface area contributed by atoms with Crippen molar-refractivity contribution in [2.75, 3.05) is 0 Å². The molecule has 2 atom stereocenters. The Kier molecular flexibility index (Phi) is 6.45. The van der Waals surface area contributed by atoms with Crippen molar-refractivity contribution >= 4 is 5.78 Å². The molecule has 17 heavy (non-hydrogen) atoms. The molecular formula is C14H24O3. The van der Waals surface area contributed by atoms with Crippen LogP contribution in [0.1, 0.15) is 52.9 Å². The van der Waals surface area contributed by atoms with E-state index < -0.39 is 0 Å². The van der Waals surface area contributed by atoms with Gasteiger partial charge in [0.1, 0.15) is 6.10 Å². The molecule has 1 aliphatic heterocycles. The normalized spacial score (nSPS) is 24.6. The van der Waals surface area contributed by atoms with Crippen LogP contribution in [0.5, 0.6) is 0 Å². The maximum Gasteiger partial charge on any atom is 0.184 e. The predicted molar refractivity (Wildman–Crippen MR) is 67.8 cm³/mol. The summed E-state index contributed by atoms with van der Waals surface area (Å²) in [5.41, 5.74) is 0. The zero-order valence-corrected chi connectivity index (χ0v) is 11.1. The molecule has 0 aliphatic carbocycles. The van der Waals surface area contributed by atoms with E-state index in [1.807, 2.05) is 13.8 Å². The third-order valence-electron chi connectivity index (χ3n) is 2.76. The monoisotopic (exact) mass is 240 g/mol. The van der Waals surface area contributed by atoms with E-state index in [-0.39, 0.29) is 24.3 Å². The molecule has 3 heteroatoms. The van der Waals surface area contributed by atoms with Crippen LogP contribution in [0.4, 0.5) is 0 Å². The van der Waals surface area contributed by atoms with Crippen LogP contribution >= 0.6 is 0 Å². The van der Waals surface area contributed by atoms with E-state index in [9.17, 15) is 4.79 Å².